The number of nitrogens with zero attached hydrogens (tertiary/aromatic N) is 3. The monoisotopic (exact) mass is 1190 g/mol. The van der Waals surface area contributed by atoms with Crippen LogP contribution in [-0.4, -0.2) is 159 Å². The highest BCUT2D eigenvalue weighted by Gasteiger charge is 2.44. The third kappa shape index (κ3) is 16.8. The van der Waals surface area contributed by atoms with Gasteiger partial charge in [-0.15, -0.1) is 0 Å². The lowest BCUT2D eigenvalue weighted by Gasteiger charge is -2.41. The van der Waals surface area contributed by atoms with Crippen molar-refractivity contribution in [2.24, 2.45) is 23.7 Å². The molecule has 7 amide bonds. The lowest BCUT2D eigenvalue weighted by atomic mass is 9.89. The first kappa shape index (κ1) is 67.3. The number of amides is 7. The van der Waals surface area contributed by atoms with Gasteiger partial charge in [-0.05, 0) is 83.0 Å². The quantitative estimate of drug-likeness (QED) is 0.0311. The average Bonchev–Trinajstić information content (AvgIpc) is 2.11. The van der Waals surface area contributed by atoms with E-state index in [4.69, 9.17) is 23.7 Å². The number of rotatable bonds is 28. The van der Waals surface area contributed by atoms with Crippen molar-refractivity contribution in [1.82, 2.24) is 30.7 Å². The van der Waals surface area contributed by atoms with Gasteiger partial charge in [0.1, 0.15) is 37.4 Å². The summed E-state index contributed by atoms with van der Waals surface area (Å²) in [6.45, 7) is 14.8. The number of ether oxygens (including phenoxy) is 5. The summed E-state index contributed by atoms with van der Waals surface area (Å²) in [5.74, 6) is -4.55. The Bertz CT molecular complexity index is 2910. The topological polar surface area (TPSA) is 241 Å². The highest BCUT2D eigenvalue weighted by molar-refractivity contribution is 5.96. The first-order valence-corrected chi connectivity index (χ1v) is 29.8. The van der Waals surface area contributed by atoms with E-state index in [1.807, 2.05) is 94.4 Å². The summed E-state index contributed by atoms with van der Waals surface area (Å²) in [7, 11) is 7.38. The van der Waals surface area contributed by atoms with E-state index in [2.05, 4.69) is 33.4 Å². The third-order valence-corrected chi connectivity index (χ3v) is 16.8. The van der Waals surface area contributed by atoms with Crippen LogP contribution in [0.15, 0.2) is 103 Å². The van der Waals surface area contributed by atoms with E-state index in [0.717, 1.165) is 27.8 Å². The molecule has 4 aromatic rings. The van der Waals surface area contributed by atoms with Crippen molar-refractivity contribution < 1.29 is 62.0 Å². The van der Waals surface area contributed by atoms with Gasteiger partial charge in [0.05, 0.1) is 43.7 Å². The molecule has 20 heteroatoms. The van der Waals surface area contributed by atoms with Gasteiger partial charge in [-0.25, -0.2) is 14.4 Å². The van der Waals surface area contributed by atoms with E-state index in [9.17, 15) is 38.4 Å². The van der Waals surface area contributed by atoms with Gasteiger partial charge in [-0.1, -0.05) is 146 Å². The Morgan fingerprint density at radius 2 is 1.28 bits per heavy atom. The van der Waals surface area contributed by atoms with Crippen molar-refractivity contribution in [2.75, 3.05) is 53.9 Å². The number of carbonyl (C=O) groups is 8. The molecule has 4 aromatic carbocycles. The molecule has 466 valence electrons. The number of hydrogen-bond acceptors (Lipinski definition) is 13. The second-order valence-corrected chi connectivity index (χ2v) is 23.3. The molecule has 0 radical (unpaired) electrons. The van der Waals surface area contributed by atoms with Crippen LogP contribution in [0.25, 0.3) is 11.1 Å². The first-order chi connectivity index (χ1) is 41.0. The minimum absolute atomic E-state index is 0.0929. The molecule has 4 N–H and O–H groups in total. The van der Waals surface area contributed by atoms with Gasteiger partial charge >= 0.3 is 18.2 Å². The minimum Gasteiger partial charge on any atom is -0.467 e. The molecule has 0 spiro atoms. The number of anilines is 1. The number of fused-ring (bicyclic) bond motifs is 3. The van der Waals surface area contributed by atoms with Crippen molar-refractivity contribution in [3.05, 3.63) is 125 Å². The maximum Gasteiger partial charge on any atom is 0.410 e. The van der Waals surface area contributed by atoms with E-state index in [1.165, 1.54) is 33.3 Å². The average molecular weight is 1190 g/mol. The minimum atomic E-state index is -1.04. The van der Waals surface area contributed by atoms with Gasteiger partial charge < -0.3 is 54.8 Å². The van der Waals surface area contributed by atoms with Crippen molar-refractivity contribution in [2.45, 2.75) is 148 Å². The summed E-state index contributed by atoms with van der Waals surface area (Å²) >= 11 is 0. The molecular weight excluding hydrogens is 1100 g/mol. The molecule has 10 atom stereocenters. The van der Waals surface area contributed by atoms with Gasteiger partial charge in [0.15, 0.2) is 0 Å². The van der Waals surface area contributed by atoms with E-state index in [-0.39, 0.29) is 43.8 Å². The fraction of sp³-hybridized carbons (Fsp3) is 0.515. The standard InChI is InChI=1S/C66H89N7O13/c1-14-41(6)58(54(82-11)36-55(74)73-34-22-29-53(73)59(83-12)42(7)60(75)69-52(64(79)84-13)35-44-23-16-15-17-24-44)71(9)63(78)56(39(2)3)70-62(77)57(40(4)5)72(10)66(81)86-37-45-30-32-46(33-31-45)68-61(76)43(8)67-65(80)85-38-51-49-27-20-18-25-47(49)48-26-19-21-28-50(48)51/h15-21,23-28,30-33,39-43,51-54,56-59H,14,22,29,34-38H2,1-13H3,(H,67,80)(H,68,76)(H,69,75)(H,70,77)/t41-,42+,43?,52-,53-,54+,56-,57-,58-,59+/m0/s1. The molecule has 1 aliphatic carbocycles. The number of esters is 1. The smallest absolute Gasteiger partial charge is 0.410 e. The fourth-order valence-corrected chi connectivity index (χ4v) is 11.9. The van der Waals surface area contributed by atoms with Crippen LogP contribution >= 0.6 is 0 Å². The molecule has 1 unspecified atom stereocenters. The van der Waals surface area contributed by atoms with Crippen LogP contribution in [0.4, 0.5) is 15.3 Å². The summed E-state index contributed by atoms with van der Waals surface area (Å²) in [4.78, 5) is 114. The Morgan fingerprint density at radius 1 is 0.663 bits per heavy atom. The van der Waals surface area contributed by atoms with E-state index in [1.54, 1.807) is 68.8 Å². The molecule has 0 saturated carbocycles. The van der Waals surface area contributed by atoms with E-state index in [0.29, 0.717) is 37.1 Å². The van der Waals surface area contributed by atoms with Gasteiger partial charge in [-0.2, -0.15) is 0 Å². The Morgan fingerprint density at radius 3 is 1.85 bits per heavy atom. The molecule has 86 heavy (non-hydrogen) atoms. The predicted molar refractivity (Wildman–Crippen MR) is 326 cm³/mol. The van der Waals surface area contributed by atoms with Gasteiger partial charge in [0.2, 0.25) is 29.5 Å². The maximum absolute atomic E-state index is 14.8. The highest BCUT2D eigenvalue weighted by atomic mass is 16.6. The molecule has 0 bridgehead atoms. The third-order valence-electron chi connectivity index (χ3n) is 16.8. The van der Waals surface area contributed by atoms with Crippen LogP contribution in [0.1, 0.15) is 109 Å². The van der Waals surface area contributed by atoms with Gasteiger partial charge in [0.25, 0.3) is 0 Å². The molecule has 1 saturated heterocycles. The molecule has 1 aliphatic heterocycles. The lowest BCUT2D eigenvalue weighted by Crippen LogP contribution is -2.60. The van der Waals surface area contributed by atoms with Crippen LogP contribution in [0.5, 0.6) is 0 Å². The Balaban J connectivity index is 1.02. The molecule has 6 rings (SSSR count). The number of likely N-dealkylation sites (tertiary alicyclic amines) is 1. The summed E-state index contributed by atoms with van der Waals surface area (Å²) in [6.07, 6.45) is -0.986. The Hall–Kier alpha value is -7.84. The molecular formula is C66H89N7O13. The van der Waals surface area contributed by atoms with Crippen LogP contribution in [0.3, 0.4) is 0 Å². The predicted octanol–water partition coefficient (Wildman–Crippen LogP) is 8.11. The molecule has 1 fully saturated rings. The van der Waals surface area contributed by atoms with Crippen molar-refractivity contribution in [1.29, 1.82) is 0 Å². The first-order valence-electron chi connectivity index (χ1n) is 29.8. The van der Waals surface area contributed by atoms with Crippen LogP contribution in [0, 0.1) is 23.7 Å². The zero-order chi connectivity index (χ0) is 62.9. The molecule has 1 heterocycles. The number of benzene rings is 4. The number of alkyl carbamates (subject to hydrolysis) is 1. The molecule has 20 nitrogen and oxygen atoms in total. The van der Waals surface area contributed by atoms with Crippen molar-refractivity contribution >= 4 is 53.4 Å². The van der Waals surface area contributed by atoms with Crippen molar-refractivity contribution in [3.8, 4) is 11.1 Å². The number of methoxy groups -OCH3 is 3. The second kappa shape index (κ2) is 31.5. The van der Waals surface area contributed by atoms with Crippen LogP contribution < -0.4 is 21.3 Å². The molecule has 2 aliphatic rings. The number of likely N-dealkylation sites (N-methyl/N-ethyl adjacent to an activating group) is 2. The number of carbonyl (C=O) groups excluding carboxylic acids is 8. The summed E-state index contributed by atoms with van der Waals surface area (Å²) < 4.78 is 28.4. The van der Waals surface area contributed by atoms with Gasteiger partial charge in [-0.3, -0.25) is 28.9 Å². The fourth-order valence-electron chi connectivity index (χ4n) is 11.9. The summed E-state index contributed by atoms with van der Waals surface area (Å²) in [5.41, 5.74) is 6.24. The Labute approximate surface area is 506 Å². The van der Waals surface area contributed by atoms with E-state index < -0.39 is 108 Å². The molecule has 0 aromatic heterocycles. The van der Waals surface area contributed by atoms with Crippen LogP contribution in [0.2, 0.25) is 0 Å². The lowest BCUT2D eigenvalue weighted by molar-refractivity contribution is -0.149. The second-order valence-electron chi connectivity index (χ2n) is 23.3. The van der Waals surface area contributed by atoms with E-state index >= 15 is 0 Å². The number of nitrogens with one attached hydrogen (secondary N) is 4. The summed E-state index contributed by atoms with van der Waals surface area (Å²) in [6, 6.07) is 26.9. The normalized spacial score (nSPS) is 16.8. The largest absolute Gasteiger partial charge is 0.467 e. The zero-order valence-corrected chi connectivity index (χ0v) is 52.1. The van der Waals surface area contributed by atoms with Gasteiger partial charge in [0, 0.05) is 52.9 Å². The maximum atomic E-state index is 14.8. The summed E-state index contributed by atoms with van der Waals surface area (Å²) in [5, 5.41) is 11.2. The zero-order valence-electron chi connectivity index (χ0n) is 52.1. The Kier molecular flexibility index (Phi) is 24.7. The highest BCUT2D eigenvalue weighted by Crippen LogP contribution is 2.44. The van der Waals surface area contributed by atoms with Crippen molar-refractivity contribution in [3.63, 3.8) is 0 Å². The van der Waals surface area contributed by atoms with Crippen LogP contribution in [-0.2, 0) is 65.5 Å². The SMILES string of the molecule is CC[C@H](C)[C@@H]([C@@H](CC(=O)N1CCC[C@H]1[C@H](OC)[C@@H](C)C(=O)N[C@@H](Cc1ccccc1)C(=O)OC)OC)N(C)C(=O)[C@@H](NC(=O)[C@H](C(C)C)N(C)C(=O)OCc1ccc(NC(=O)C(C)NC(=O)OCC2c3ccccc3-c3ccccc32)cc1)C(C)C. The number of hydrogen-bond donors (Lipinski definition) is 4.